The summed E-state index contributed by atoms with van der Waals surface area (Å²) in [5.41, 5.74) is 5.96. The van der Waals surface area contributed by atoms with Crippen LogP contribution in [0.3, 0.4) is 0 Å². The average molecular weight is 238 g/mol. The van der Waals surface area contributed by atoms with Gasteiger partial charge in [-0.05, 0) is 25.8 Å². The molecule has 0 bridgehead atoms. The number of hydrogen-bond acceptors (Lipinski definition) is 2. The molecule has 0 saturated heterocycles. The lowest BCUT2D eigenvalue weighted by molar-refractivity contribution is -0.137. The Bertz CT molecular complexity index is 206. The third kappa shape index (κ3) is 5.16. The van der Waals surface area contributed by atoms with Gasteiger partial charge in [0.05, 0.1) is 6.42 Å². The smallest absolute Gasteiger partial charge is 0.327 e. The molecule has 0 aromatic rings. The van der Waals surface area contributed by atoms with Crippen LogP contribution in [0, 0.1) is 5.92 Å². The third-order valence-corrected chi connectivity index (χ3v) is 3.29. The fourth-order valence-corrected chi connectivity index (χ4v) is 2.27. The van der Waals surface area contributed by atoms with E-state index in [0.29, 0.717) is 12.5 Å². The average Bonchev–Trinajstić information content (AvgIpc) is 2.18. The molecule has 1 rings (SSSR count). The van der Waals surface area contributed by atoms with Gasteiger partial charge in [0.25, 0.3) is 0 Å². The summed E-state index contributed by atoms with van der Waals surface area (Å²) in [4.78, 5) is 1.75. The van der Waals surface area contributed by atoms with Gasteiger partial charge >= 0.3 is 6.18 Å². The largest absolute Gasteiger partial charge is 0.390 e. The molecule has 0 spiro atoms. The van der Waals surface area contributed by atoms with E-state index in [-0.39, 0.29) is 12.6 Å². The Hall–Kier alpha value is -0.290. The van der Waals surface area contributed by atoms with Crippen LogP contribution in [0.2, 0.25) is 0 Å². The van der Waals surface area contributed by atoms with Gasteiger partial charge < -0.3 is 10.6 Å². The highest BCUT2D eigenvalue weighted by Gasteiger charge is 2.28. The minimum Gasteiger partial charge on any atom is -0.327 e. The molecular formula is C11H21F3N2. The first-order valence-corrected chi connectivity index (χ1v) is 5.89. The summed E-state index contributed by atoms with van der Waals surface area (Å²) in [5.74, 6) is 0.368. The van der Waals surface area contributed by atoms with E-state index >= 15 is 0 Å². The van der Waals surface area contributed by atoms with Crippen molar-refractivity contribution in [2.45, 2.75) is 44.3 Å². The van der Waals surface area contributed by atoms with Crippen molar-refractivity contribution in [2.75, 3.05) is 20.1 Å². The number of halogens is 3. The molecule has 2 atom stereocenters. The lowest BCUT2D eigenvalue weighted by Gasteiger charge is -2.32. The first-order chi connectivity index (χ1) is 7.38. The van der Waals surface area contributed by atoms with Gasteiger partial charge in [-0.25, -0.2) is 0 Å². The van der Waals surface area contributed by atoms with Crippen molar-refractivity contribution in [2.24, 2.45) is 11.7 Å². The van der Waals surface area contributed by atoms with Crippen molar-refractivity contribution in [1.29, 1.82) is 0 Å². The van der Waals surface area contributed by atoms with Crippen molar-refractivity contribution in [1.82, 2.24) is 4.90 Å². The van der Waals surface area contributed by atoms with E-state index in [9.17, 15) is 13.2 Å². The van der Waals surface area contributed by atoms with Gasteiger partial charge in [-0.2, -0.15) is 13.2 Å². The Kier molecular flexibility index (Phi) is 5.05. The Morgan fingerprint density at radius 1 is 1.25 bits per heavy atom. The molecule has 1 aliphatic carbocycles. The SMILES string of the molecule is CN(CCC(F)(F)F)CC1CCCCC1N. The van der Waals surface area contributed by atoms with Gasteiger partial charge in [0, 0.05) is 19.1 Å². The molecular weight excluding hydrogens is 217 g/mol. The molecule has 1 saturated carbocycles. The van der Waals surface area contributed by atoms with Crippen LogP contribution >= 0.6 is 0 Å². The van der Waals surface area contributed by atoms with Crippen LogP contribution in [-0.4, -0.2) is 37.3 Å². The molecule has 2 unspecified atom stereocenters. The van der Waals surface area contributed by atoms with Crippen LogP contribution in [0.1, 0.15) is 32.1 Å². The summed E-state index contributed by atoms with van der Waals surface area (Å²) in [6.07, 6.45) is -0.404. The van der Waals surface area contributed by atoms with Crippen LogP contribution in [0.15, 0.2) is 0 Å². The molecule has 0 aromatic carbocycles. The lowest BCUT2D eigenvalue weighted by atomic mass is 9.85. The fraction of sp³-hybridized carbons (Fsp3) is 1.00. The first kappa shape index (κ1) is 13.8. The summed E-state index contributed by atoms with van der Waals surface area (Å²) in [5, 5.41) is 0. The van der Waals surface area contributed by atoms with Gasteiger partial charge in [0.2, 0.25) is 0 Å². The molecule has 2 N–H and O–H groups in total. The quantitative estimate of drug-likeness (QED) is 0.814. The summed E-state index contributed by atoms with van der Waals surface area (Å²) >= 11 is 0. The van der Waals surface area contributed by atoms with Crippen molar-refractivity contribution in [3.8, 4) is 0 Å². The Morgan fingerprint density at radius 2 is 1.88 bits per heavy atom. The van der Waals surface area contributed by atoms with E-state index in [0.717, 1.165) is 25.7 Å². The van der Waals surface area contributed by atoms with Gasteiger partial charge in [-0.3, -0.25) is 0 Å². The molecule has 0 aliphatic heterocycles. The second-order valence-corrected chi connectivity index (χ2v) is 4.84. The topological polar surface area (TPSA) is 29.3 Å². The molecule has 16 heavy (non-hydrogen) atoms. The second-order valence-electron chi connectivity index (χ2n) is 4.84. The van der Waals surface area contributed by atoms with Crippen molar-refractivity contribution < 1.29 is 13.2 Å². The van der Waals surface area contributed by atoms with Crippen LogP contribution in [-0.2, 0) is 0 Å². The van der Waals surface area contributed by atoms with E-state index in [2.05, 4.69) is 0 Å². The zero-order chi connectivity index (χ0) is 12.2. The first-order valence-electron chi connectivity index (χ1n) is 5.89. The fourth-order valence-electron chi connectivity index (χ4n) is 2.27. The molecule has 5 heteroatoms. The maximum Gasteiger partial charge on any atom is 0.390 e. The van der Waals surface area contributed by atoms with E-state index in [1.54, 1.807) is 11.9 Å². The molecule has 1 fully saturated rings. The highest BCUT2D eigenvalue weighted by Crippen LogP contribution is 2.24. The van der Waals surface area contributed by atoms with Gasteiger partial charge in [0.15, 0.2) is 0 Å². The standard InChI is InChI=1S/C11H21F3N2/c1-16(7-6-11(12,13)14)8-9-4-2-3-5-10(9)15/h9-10H,2-8,15H2,1H3. The Morgan fingerprint density at radius 3 is 2.44 bits per heavy atom. The Balaban J connectivity index is 2.24. The van der Waals surface area contributed by atoms with E-state index in [1.165, 1.54) is 0 Å². The van der Waals surface area contributed by atoms with E-state index in [4.69, 9.17) is 5.73 Å². The minimum atomic E-state index is -4.05. The number of nitrogens with two attached hydrogens (primary N) is 1. The predicted molar refractivity (Wildman–Crippen MR) is 58.1 cm³/mol. The summed E-state index contributed by atoms with van der Waals surface area (Å²) in [6.45, 7) is 0.768. The van der Waals surface area contributed by atoms with Crippen LogP contribution in [0.25, 0.3) is 0 Å². The number of hydrogen-bond donors (Lipinski definition) is 1. The molecule has 2 nitrogen and oxygen atoms in total. The summed E-state index contributed by atoms with van der Waals surface area (Å²) in [6, 6.07) is 0.169. The maximum absolute atomic E-state index is 12.0. The molecule has 1 aliphatic rings. The van der Waals surface area contributed by atoms with E-state index < -0.39 is 12.6 Å². The zero-order valence-corrected chi connectivity index (χ0v) is 9.76. The maximum atomic E-state index is 12.0. The van der Waals surface area contributed by atoms with Gasteiger partial charge in [0.1, 0.15) is 0 Å². The van der Waals surface area contributed by atoms with Crippen molar-refractivity contribution >= 4 is 0 Å². The minimum absolute atomic E-state index is 0.0761. The highest BCUT2D eigenvalue weighted by atomic mass is 19.4. The number of nitrogens with zero attached hydrogens (tertiary/aromatic N) is 1. The third-order valence-electron chi connectivity index (χ3n) is 3.29. The lowest BCUT2D eigenvalue weighted by Crippen LogP contribution is -2.40. The molecule has 0 heterocycles. The molecule has 96 valence electrons. The monoisotopic (exact) mass is 238 g/mol. The van der Waals surface area contributed by atoms with Crippen molar-refractivity contribution in [3.05, 3.63) is 0 Å². The number of rotatable bonds is 4. The van der Waals surface area contributed by atoms with Crippen LogP contribution in [0.5, 0.6) is 0 Å². The van der Waals surface area contributed by atoms with Crippen molar-refractivity contribution in [3.63, 3.8) is 0 Å². The van der Waals surface area contributed by atoms with Crippen LogP contribution < -0.4 is 5.73 Å². The Labute approximate surface area is 95.0 Å². The predicted octanol–water partition coefficient (Wildman–Crippen LogP) is 2.39. The van der Waals surface area contributed by atoms with Crippen LogP contribution in [0.4, 0.5) is 13.2 Å². The molecule has 0 amide bonds. The van der Waals surface area contributed by atoms with Gasteiger partial charge in [-0.15, -0.1) is 0 Å². The second kappa shape index (κ2) is 5.87. The number of alkyl halides is 3. The molecule has 0 aromatic heterocycles. The van der Waals surface area contributed by atoms with Gasteiger partial charge in [-0.1, -0.05) is 12.8 Å². The zero-order valence-electron chi connectivity index (χ0n) is 9.76. The summed E-state index contributed by atoms with van der Waals surface area (Å²) in [7, 11) is 1.74. The van der Waals surface area contributed by atoms with E-state index in [1.807, 2.05) is 0 Å². The normalized spacial score (nSPS) is 27.4. The molecule has 0 radical (unpaired) electrons. The highest BCUT2D eigenvalue weighted by molar-refractivity contribution is 4.80. The summed E-state index contributed by atoms with van der Waals surface area (Å²) < 4.78 is 36.1.